The van der Waals surface area contributed by atoms with Crippen molar-refractivity contribution in [3.05, 3.63) is 52.5 Å². The average molecular weight is 459 g/mol. The van der Waals surface area contributed by atoms with E-state index in [0.29, 0.717) is 12.1 Å². The van der Waals surface area contributed by atoms with E-state index in [1.165, 1.54) is 7.11 Å². The summed E-state index contributed by atoms with van der Waals surface area (Å²) in [5, 5.41) is 4.16. The van der Waals surface area contributed by atoms with Crippen molar-refractivity contribution >= 4 is 45.1 Å². The Kier molecular flexibility index (Phi) is 8.02. The zero-order valence-corrected chi connectivity index (χ0v) is 19.1. The number of aryl methyl sites for hydroxylation is 1. The first-order valence-corrected chi connectivity index (χ1v) is 11.1. The van der Waals surface area contributed by atoms with Gasteiger partial charge in [0.25, 0.3) is 0 Å². The van der Waals surface area contributed by atoms with Gasteiger partial charge in [0, 0.05) is 31.8 Å². The van der Waals surface area contributed by atoms with Crippen molar-refractivity contribution in [2.45, 2.75) is 26.8 Å². The van der Waals surface area contributed by atoms with Crippen LogP contribution in [0.5, 0.6) is 0 Å². The van der Waals surface area contributed by atoms with Gasteiger partial charge >= 0.3 is 11.9 Å². The van der Waals surface area contributed by atoms with Gasteiger partial charge in [0.2, 0.25) is 5.91 Å². The number of nitrogens with one attached hydrogen (secondary N) is 1. The number of methoxy groups -OCH3 is 1. The fourth-order valence-corrected chi connectivity index (χ4v) is 4.38. The Balaban J connectivity index is 1.75. The van der Waals surface area contributed by atoms with Crippen LogP contribution in [0.15, 0.2) is 36.5 Å². The molecular formula is C23H26N2O6S. The third kappa shape index (κ3) is 5.35. The number of anilines is 1. The lowest BCUT2D eigenvalue weighted by Gasteiger charge is -2.08. The maximum absolute atomic E-state index is 12.7. The SMILES string of the molecule is CCOC(=O)c1c(NC(=O)CCn2ccc3ccccc32)sc(C(=O)OCCOC)c1C. The van der Waals surface area contributed by atoms with Gasteiger partial charge in [0.05, 0.1) is 18.8 Å². The molecule has 0 atom stereocenters. The van der Waals surface area contributed by atoms with Gasteiger partial charge in [-0.3, -0.25) is 4.79 Å². The molecule has 1 amide bonds. The quantitative estimate of drug-likeness (QED) is 0.364. The zero-order chi connectivity index (χ0) is 23.1. The summed E-state index contributed by atoms with van der Waals surface area (Å²) in [5.74, 6) is -1.44. The third-order valence-corrected chi connectivity index (χ3v) is 6.03. The highest BCUT2D eigenvalue weighted by Crippen LogP contribution is 2.34. The van der Waals surface area contributed by atoms with Crippen molar-refractivity contribution in [3.8, 4) is 0 Å². The maximum Gasteiger partial charge on any atom is 0.348 e. The number of carbonyl (C=O) groups excluding carboxylic acids is 3. The number of benzene rings is 1. The van der Waals surface area contributed by atoms with Gasteiger partial charge in [-0.2, -0.15) is 0 Å². The van der Waals surface area contributed by atoms with Crippen LogP contribution in [0.2, 0.25) is 0 Å². The molecule has 8 nitrogen and oxygen atoms in total. The highest BCUT2D eigenvalue weighted by Gasteiger charge is 2.27. The number of nitrogens with zero attached hydrogens (tertiary/aromatic N) is 1. The fourth-order valence-electron chi connectivity index (χ4n) is 3.28. The summed E-state index contributed by atoms with van der Waals surface area (Å²) < 4.78 is 17.2. The molecule has 1 aromatic carbocycles. The van der Waals surface area contributed by atoms with Crippen LogP contribution in [0.4, 0.5) is 5.00 Å². The molecule has 0 fully saturated rings. The molecule has 0 bridgehead atoms. The summed E-state index contributed by atoms with van der Waals surface area (Å²) in [6, 6.07) is 9.92. The number of ether oxygens (including phenoxy) is 3. The topological polar surface area (TPSA) is 95.9 Å². The monoisotopic (exact) mass is 458 g/mol. The van der Waals surface area contributed by atoms with E-state index in [0.717, 1.165) is 22.2 Å². The molecule has 0 aliphatic carbocycles. The molecule has 2 aromatic heterocycles. The molecule has 0 aliphatic heterocycles. The number of esters is 2. The number of aromatic nitrogens is 1. The van der Waals surface area contributed by atoms with Gasteiger partial charge in [-0.25, -0.2) is 9.59 Å². The Morgan fingerprint density at radius 1 is 1.06 bits per heavy atom. The summed E-state index contributed by atoms with van der Waals surface area (Å²) >= 11 is 1.01. The van der Waals surface area contributed by atoms with Crippen molar-refractivity contribution in [3.63, 3.8) is 0 Å². The Morgan fingerprint density at radius 3 is 2.59 bits per heavy atom. The van der Waals surface area contributed by atoms with E-state index in [4.69, 9.17) is 14.2 Å². The van der Waals surface area contributed by atoms with Crippen LogP contribution in [0, 0.1) is 6.92 Å². The number of hydrogen-bond acceptors (Lipinski definition) is 7. The predicted molar refractivity (Wildman–Crippen MR) is 122 cm³/mol. The molecule has 3 rings (SSSR count). The number of carbonyl (C=O) groups is 3. The predicted octanol–water partition coefficient (Wildman–Crippen LogP) is 4.02. The molecule has 170 valence electrons. The van der Waals surface area contributed by atoms with E-state index >= 15 is 0 Å². The molecule has 1 N–H and O–H groups in total. The molecule has 0 spiro atoms. The highest BCUT2D eigenvalue weighted by atomic mass is 32.1. The van der Waals surface area contributed by atoms with Gasteiger partial charge < -0.3 is 24.1 Å². The molecule has 0 saturated carbocycles. The lowest BCUT2D eigenvalue weighted by Crippen LogP contribution is -2.16. The third-order valence-electron chi connectivity index (χ3n) is 4.85. The number of fused-ring (bicyclic) bond motifs is 1. The molecule has 0 unspecified atom stereocenters. The minimum Gasteiger partial charge on any atom is -0.462 e. The lowest BCUT2D eigenvalue weighted by molar-refractivity contribution is -0.116. The molecule has 9 heteroatoms. The smallest absolute Gasteiger partial charge is 0.348 e. The summed E-state index contributed by atoms with van der Waals surface area (Å²) in [4.78, 5) is 37.9. The molecule has 32 heavy (non-hydrogen) atoms. The van der Waals surface area contributed by atoms with E-state index in [2.05, 4.69) is 5.32 Å². The van der Waals surface area contributed by atoms with Crippen LogP contribution in [-0.4, -0.2) is 49.3 Å². The van der Waals surface area contributed by atoms with Gasteiger partial charge in [0.15, 0.2) is 0 Å². The lowest BCUT2D eigenvalue weighted by atomic mass is 10.1. The fraction of sp³-hybridized carbons (Fsp3) is 0.348. The second-order valence-electron chi connectivity index (χ2n) is 6.98. The van der Waals surface area contributed by atoms with Crippen LogP contribution < -0.4 is 5.32 Å². The standard InChI is InChI=1S/C23H26N2O6S/c1-4-30-22(27)19-15(2)20(23(28)31-14-13-29-3)32-21(19)24-18(26)10-12-25-11-9-16-7-5-6-8-17(16)25/h5-9,11H,4,10,12-14H2,1-3H3,(H,24,26). The Morgan fingerprint density at radius 2 is 1.84 bits per heavy atom. The average Bonchev–Trinajstić information content (AvgIpc) is 3.33. The van der Waals surface area contributed by atoms with Crippen LogP contribution in [0.3, 0.4) is 0 Å². The van der Waals surface area contributed by atoms with Gasteiger partial charge in [-0.05, 0) is 36.9 Å². The van der Waals surface area contributed by atoms with Crippen molar-refractivity contribution in [2.24, 2.45) is 0 Å². The Bertz CT molecular complexity index is 1120. The first-order valence-electron chi connectivity index (χ1n) is 10.3. The van der Waals surface area contributed by atoms with Crippen LogP contribution in [0.1, 0.15) is 38.9 Å². The minimum absolute atomic E-state index is 0.0912. The van der Waals surface area contributed by atoms with Gasteiger partial charge in [0.1, 0.15) is 16.5 Å². The first kappa shape index (κ1) is 23.5. The number of hydrogen-bond donors (Lipinski definition) is 1. The summed E-state index contributed by atoms with van der Waals surface area (Å²) in [6.07, 6.45) is 2.14. The second-order valence-corrected chi connectivity index (χ2v) is 8.00. The van der Waals surface area contributed by atoms with E-state index in [1.54, 1.807) is 13.8 Å². The summed E-state index contributed by atoms with van der Waals surface area (Å²) in [6.45, 7) is 4.34. The van der Waals surface area contributed by atoms with E-state index in [1.807, 2.05) is 41.1 Å². The molecular weight excluding hydrogens is 432 g/mol. The summed E-state index contributed by atoms with van der Waals surface area (Å²) in [5.41, 5.74) is 1.64. The highest BCUT2D eigenvalue weighted by molar-refractivity contribution is 7.18. The van der Waals surface area contributed by atoms with Crippen LogP contribution in [0.25, 0.3) is 10.9 Å². The zero-order valence-electron chi connectivity index (χ0n) is 18.3. The molecule has 0 radical (unpaired) electrons. The minimum atomic E-state index is -0.594. The Labute approximate surface area is 190 Å². The van der Waals surface area contributed by atoms with E-state index in [9.17, 15) is 14.4 Å². The Hall–Kier alpha value is -3.17. The largest absolute Gasteiger partial charge is 0.462 e. The molecule has 0 saturated heterocycles. The number of amides is 1. The van der Waals surface area contributed by atoms with Crippen molar-refractivity contribution in [1.82, 2.24) is 4.57 Å². The van der Waals surface area contributed by atoms with E-state index < -0.39 is 11.9 Å². The van der Waals surface area contributed by atoms with Gasteiger partial charge in [-0.1, -0.05) is 18.2 Å². The molecule has 2 heterocycles. The molecule has 0 aliphatic rings. The number of thiophene rings is 1. The summed E-state index contributed by atoms with van der Waals surface area (Å²) in [7, 11) is 1.51. The van der Waals surface area contributed by atoms with E-state index in [-0.39, 0.29) is 47.6 Å². The second kappa shape index (κ2) is 10.9. The van der Waals surface area contributed by atoms with Gasteiger partial charge in [-0.15, -0.1) is 11.3 Å². The number of rotatable bonds is 10. The molecule has 3 aromatic rings. The van der Waals surface area contributed by atoms with Crippen LogP contribution in [-0.2, 0) is 25.5 Å². The normalized spacial score (nSPS) is 10.8. The maximum atomic E-state index is 12.7. The first-order chi connectivity index (χ1) is 15.5. The van der Waals surface area contributed by atoms with Crippen molar-refractivity contribution in [2.75, 3.05) is 32.2 Å². The van der Waals surface area contributed by atoms with Crippen molar-refractivity contribution < 1.29 is 28.6 Å². The van der Waals surface area contributed by atoms with Crippen molar-refractivity contribution in [1.29, 1.82) is 0 Å². The van der Waals surface area contributed by atoms with Crippen LogP contribution >= 0.6 is 11.3 Å². The number of para-hydroxylation sites is 1.